The summed E-state index contributed by atoms with van der Waals surface area (Å²) in [7, 11) is 0. The van der Waals surface area contributed by atoms with Gasteiger partial charge in [0.2, 0.25) is 0 Å². The lowest BCUT2D eigenvalue weighted by atomic mass is 9.60. The van der Waals surface area contributed by atoms with Gasteiger partial charge in [0, 0.05) is 37.9 Å². The number of hydrogen-bond donors (Lipinski definition) is 0. The van der Waals surface area contributed by atoms with Crippen LogP contribution in [0.25, 0.3) is 0 Å². The van der Waals surface area contributed by atoms with Crippen molar-refractivity contribution in [1.82, 2.24) is 4.90 Å². The first-order chi connectivity index (χ1) is 11.8. The van der Waals surface area contributed by atoms with Crippen molar-refractivity contribution in [3.8, 4) is 0 Å². The van der Waals surface area contributed by atoms with E-state index in [1.54, 1.807) is 5.56 Å². The molecule has 1 aromatic carbocycles. The van der Waals surface area contributed by atoms with Crippen molar-refractivity contribution in [3.05, 3.63) is 29.8 Å². The Kier molecular flexibility index (Phi) is 4.38. The molecule has 2 nitrogen and oxygen atoms in total. The van der Waals surface area contributed by atoms with Crippen LogP contribution in [-0.2, 0) is 0 Å². The van der Waals surface area contributed by atoms with Crippen LogP contribution >= 0.6 is 0 Å². The lowest BCUT2D eigenvalue weighted by Crippen LogP contribution is -2.47. The summed E-state index contributed by atoms with van der Waals surface area (Å²) < 4.78 is 0. The van der Waals surface area contributed by atoms with Crippen molar-refractivity contribution in [2.75, 3.05) is 31.1 Å². The van der Waals surface area contributed by atoms with Gasteiger partial charge in [-0.25, -0.2) is 0 Å². The Labute approximate surface area is 154 Å². The molecule has 25 heavy (non-hydrogen) atoms. The standard InChI is InChI=1S/C23H36N2/c1-22(2)15-18(16-23(3,4)17-22)20-7-5-6-8-21(20)25-13-11-24(12-14-25)19-9-10-19/h5-8,18-19H,9-17H2,1-4H3. The molecule has 2 aliphatic carbocycles. The molecular formula is C23H36N2. The van der Waals surface area contributed by atoms with Crippen molar-refractivity contribution >= 4 is 5.69 Å². The Morgan fingerprint density at radius 3 is 2.04 bits per heavy atom. The molecule has 0 N–H and O–H groups in total. The van der Waals surface area contributed by atoms with Crippen molar-refractivity contribution in [1.29, 1.82) is 0 Å². The maximum Gasteiger partial charge on any atom is 0.0402 e. The maximum absolute atomic E-state index is 2.71. The first kappa shape index (κ1) is 17.4. The zero-order valence-electron chi connectivity index (χ0n) is 16.7. The molecule has 1 saturated heterocycles. The topological polar surface area (TPSA) is 6.48 Å². The molecule has 1 aliphatic heterocycles. The average Bonchev–Trinajstić information content (AvgIpc) is 3.37. The predicted molar refractivity (Wildman–Crippen MR) is 107 cm³/mol. The molecule has 3 fully saturated rings. The van der Waals surface area contributed by atoms with E-state index >= 15 is 0 Å². The number of hydrogen-bond acceptors (Lipinski definition) is 2. The van der Waals surface area contributed by atoms with E-state index in [2.05, 4.69) is 61.8 Å². The normalized spacial score (nSPS) is 27.4. The average molecular weight is 341 g/mol. The molecule has 0 radical (unpaired) electrons. The maximum atomic E-state index is 2.71. The Bertz CT molecular complexity index is 590. The molecule has 3 aliphatic rings. The van der Waals surface area contributed by atoms with Crippen LogP contribution in [0.5, 0.6) is 0 Å². The second kappa shape index (κ2) is 6.30. The van der Waals surface area contributed by atoms with Gasteiger partial charge in [0.15, 0.2) is 0 Å². The number of anilines is 1. The van der Waals surface area contributed by atoms with Crippen LogP contribution in [0.15, 0.2) is 24.3 Å². The number of rotatable bonds is 3. The van der Waals surface area contributed by atoms with Gasteiger partial charge in [-0.15, -0.1) is 0 Å². The summed E-state index contributed by atoms with van der Waals surface area (Å²) in [6, 6.07) is 10.2. The van der Waals surface area contributed by atoms with Gasteiger partial charge < -0.3 is 4.90 Å². The van der Waals surface area contributed by atoms with Crippen LogP contribution in [-0.4, -0.2) is 37.1 Å². The molecule has 138 valence electrons. The van der Waals surface area contributed by atoms with Gasteiger partial charge in [0.05, 0.1) is 0 Å². The summed E-state index contributed by atoms with van der Waals surface area (Å²) in [6.45, 7) is 14.8. The van der Waals surface area contributed by atoms with Gasteiger partial charge in [0.1, 0.15) is 0 Å². The van der Waals surface area contributed by atoms with E-state index in [-0.39, 0.29) is 0 Å². The Balaban J connectivity index is 1.54. The highest BCUT2D eigenvalue weighted by molar-refractivity contribution is 5.56. The molecule has 2 heteroatoms. The number of benzene rings is 1. The van der Waals surface area contributed by atoms with E-state index in [0.717, 1.165) is 6.04 Å². The van der Waals surface area contributed by atoms with Crippen molar-refractivity contribution < 1.29 is 0 Å². The van der Waals surface area contributed by atoms with Crippen molar-refractivity contribution in [2.45, 2.75) is 71.8 Å². The lowest BCUT2D eigenvalue weighted by molar-refractivity contribution is 0.0970. The van der Waals surface area contributed by atoms with Crippen LogP contribution in [0.4, 0.5) is 5.69 Å². The minimum atomic E-state index is 0.449. The first-order valence-electron chi connectivity index (χ1n) is 10.4. The minimum Gasteiger partial charge on any atom is -0.369 e. The third-order valence-corrected chi connectivity index (χ3v) is 6.65. The molecule has 1 heterocycles. The van der Waals surface area contributed by atoms with Crippen molar-refractivity contribution in [2.24, 2.45) is 10.8 Å². The second-order valence-electron chi connectivity index (χ2n) is 10.4. The van der Waals surface area contributed by atoms with Gasteiger partial charge in [-0.1, -0.05) is 45.9 Å². The van der Waals surface area contributed by atoms with E-state index in [4.69, 9.17) is 0 Å². The zero-order valence-corrected chi connectivity index (χ0v) is 16.7. The molecule has 0 aromatic heterocycles. The van der Waals surface area contributed by atoms with Gasteiger partial charge in [-0.05, 0) is 60.5 Å². The molecule has 4 rings (SSSR count). The third-order valence-electron chi connectivity index (χ3n) is 6.65. The molecule has 0 bridgehead atoms. The monoisotopic (exact) mass is 340 g/mol. The minimum absolute atomic E-state index is 0.449. The number of nitrogens with zero attached hydrogens (tertiary/aromatic N) is 2. The smallest absolute Gasteiger partial charge is 0.0402 e. The zero-order chi connectivity index (χ0) is 17.7. The lowest BCUT2D eigenvalue weighted by Gasteiger charge is -2.46. The van der Waals surface area contributed by atoms with E-state index < -0.39 is 0 Å². The quantitative estimate of drug-likeness (QED) is 0.737. The molecular weight excluding hydrogens is 304 g/mol. The number of piperazine rings is 1. The van der Waals surface area contributed by atoms with E-state index in [1.807, 2.05) is 0 Å². The fourth-order valence-corrected chi connectivity index (χ4v) is 5.95. The fourth-order valence-electron chi connectivity index (χ4n) is 5.95. The summed E-state index contributed by atoms with van der Waals surface area (Å²) in [5.41, 5.74) is 4.04. The summed E-state index contributed by atoms with van der Waals surface area (Å²) in [5, 5.41) is 0. The summed E-state index contributed by atoms with van der Waals surface area (Å²) in [4.78, 5) is 5.38. The SMILES string of the molecule is CC1(C)CC(c2ccccc2N2CCN(C3CC3)CC2)CC(C)(C)C1. The van der Waals surface area contributed by atoms with Gasteiger partial charge in [-0.3, -0.25) is 4.90 Å². The number of para-hydroxylation sites is 1. The Morgan fingerprint density at radius 1 is 0.840 bits per heavy atom. The van der Waals surface area contributed by atoms with Gasteiger partial charge in [0.25, 0.3) is 0 Å². The molecule has 2 saturated carbocycles. The fraction of sp³-hybridized carbons (Fsp3) is 0.739. The van der Waals surface area contributed by atoms with Crippen LogP contribution in [0, 0.1) is 10.8 Å². The third kappa shape index (κ3) is 3.89. The highest BCUT2D eigenvalue weighted by atomic mass is 15.3. The van der Waals surface area contributed by atoms with Crippen LogP contribution < -0.4 is 4.90 Å². The molecule has 0 unspecified atom stereocenters. The highest BCUT2D eigenvalue weighted by Crippen LogP contribution is 2.53. The predicted octanol–water partition coefficient (Wildman–Crippen LogP) is 5.29. The van der Waals surface area contributed by atoms with E-state index in [9.17, 15) is 0 Å². The summed E-state index contributed by atoms with van der Waals surface area (Å²) in [6.07, 6.45) is 6.87. The van der Waals surface area contributed by atoms with Crippen molar-refractivity contribution in [3.63, 3.8) is 0 Å². The van der Waals surface area contributed by atoms with E-state index in [1.165, 1.54) is 64.0 Å². The van der Waals surface area contributed by atoms with Gasteiger partial charge >= 0.3 is 0 Å². The van der Waals surface area contributed by atoms with E-state index in [0.29, 0.717) is 16.7 Å². The second-order valence-corrected chi connectivity index (χ2v) is 10.4. The molecule has 1 aromatic rings. The van der Waals surface area contributed by atoms with Crippen LogP contribution in [0.2, 0.25) is 0 Å². The molecule has 0 atom stereocenters. The Morgan fingerprint density at radius 2 is 1.44 bits per heavy atom. The van der Waals surface area contributed by atoms with Crippen LogP contribution in [0.1, 0.15) is 71.3 Å². The molecule has 0 amide bonds. The Hall–Kier alpha value is -1.02. The highest BCUT2D eigenvalue weighted by Gasteiger charge is 2.40. The van der Waals surface area contributed by atoms with Gasteiger partial charge in [-0.2, -0.15) is 0 Å². The first-order valence-corrected chi connectivity index (χ1v) is 10.4. The van der Waals surface area contributed by atoms with Crippen LogP contribution in [0.3, 0.4) is 0 Å². The largest absolute Gasteiger partial charge is 0.369 e. The summed E-state index contributed by atoms with van der Waals surface area (Å²) >= 11 is 0. The summed E-state index contributed by atoms with van der Waals surface area (Å²) in [5.74, 6) is 0.705. The molecule has 0 spiro atoms.